The first-order valence-electron chi connectivity index (χ1n) is 9.97. The Morgan fingerprint density at radius 2 is 1.73 bits per heavy atom. The standard InChI is InChI=1S/C20H34N4O2/c1-4-6-10-16(11-7-5-2)24-13-12-17-18(24)22-20(21)23-19(17)26-15-9-8-14-25-3/h12-13,16H,4-11,14-15H2,1-3H3,(H2,21,22,23). The number of fused-ring (bicyclic) bond motifs is 1. The fraction of sp³-hybridized carbons (Fsp3) is 0.700. The minimum absolute atomic E-state index is 0.272. The topological polar surface area (TPSA) is 75.2 Å². The van der Waals surface area contributed by atoms with Crippen LogP contribution in [0.3, 0.4) is 0 Å². The van der Waals surface area contributed by atoms with Gasteiger partial charge in [0.2, 0.25) is 11.8 Å². The molecule has 0 fully saturated rings. The lowest BCUT2D eigenvalue weighted by Crippen LogP contribution is -2.10. The Balaban J connectivity index is 2.20. The van der Waals surface area contributed by atoms with Crippen molar-refractivity contribution in [2.45, 2.75) is 71.3 Å². The Morgan fingerprint density at radius 3 is 2.38 bits per heavy atom. The van der Waals surface area contributed by atoms with Gasteiger partial charge in [-0.1, -0.05) is 39.5 Å². The number of aromatic nitrogens is 3. The van der Waals surface area contributed by atoms with Crippen molar-refractivity contribution in [2.75, 3.05) is 26.1 Å². The maximum atomic E-state index is 5.97. The van der Waals surface area contributed by atoms with Crippen molar-refractivity contribution in [3.05, 3.63) is 12.3 Å². The highest BCUT2D eigenvalue weighted by Crippen LogP contribution is 2.30. The maximum absolute atomic E-state index is 5.97. The summed E-state index contributed by atoms with van der Waals surface area (Å²) in [6.07, 6.45) is 11.2. The smallest absolute Gasteiger partial charge is 0.227 e. The highest BCUT2D eigenvalue weighted by atomic mass is 16.5. The van der Waals surface area contributed by atoms with E-state index in [1.54, 1.807) is 7.11 Å². The molecule has 0 amide bonds. The number of methoxy groups -OCH3 is 1. The number of unbranched alkanes of at least 4 members (excludes halogenated alkanes) is 3. The lowest BCUT2D eigenvalue weighted by Gasteiger charge is -2.19. The van der Waals surface area contributed by atoms with E-state index >= 15 is 0 Å². The van der Waals surface area contributed by atoms with E-state index in [1.807, 2.05) is 0 Å². The highest BCUT2D eigenvalue weighted by Gasteiger charge is 2.17. The zero-order valence-corrected chi connectivity index (χ0v) is 16.5. The number of nitrogens with zero attached hydrogens (tertiary/aromatic N) is 3. The van der Waals surface area contributed by atoms with Crippen LogP contribution in [0.2, 0.25) is 0 Å². The largest absolute Gasteiger partial charge is 0.477 e. The zero-order valence-electron chi connectivity index (χ0n) is 16.5. The molecule has 0 spiro atoms. The van der Waals surface area contributed by atoms with Crippen molar-refractivity contribution in [1.29, 1.82) is 0 Å². The van der Waals surface area contributed by atoms with Crippen LogP contribution in [-0.4, -0.2) is 34.9 Å². The molecule has 2 heterocycles. The number of nitrogens with two attached hydrogens (primary N) is 1. The van der Waals surface area contributed by atoms with Crippen molar-refractivity contribution < 1.29 is 9.47 Å². The molecular weight excluding hydrogens is 328 g/mol. The first kappa shape index (κ1) is 20.5. The molecule has 0 radical (unpaired) electrons. The Kier molecular flexibility index (Phi) is 8.68. The molecule has 0 aliphatic rings. The predicted octanol–water partition coefficient (Wildman–Crippen LogP) is 4.74. The first-order valence-corrected chi connectivity index (χ1v) is 9.97. The first-order chi connectivity index (χ1) is 12.7. The van der Waals surface area contributed by atoms with Crippen LogP contribution in [0.15, 0.2) is 12.3 Å². The van der Waals surface area contributed by atoms with Gasteiger partial charge in [-0.15, -0.1) is 0 Å². The molecule has 6 nitrogen and oxygen atoms in total. The summed E-state index contributed by atoms with van der Waals surface area (Å²) < 4.78 is 13.2. The minimum atomic E-state index is 0.272. The molecule has 0 atom stereocenters. The van der Waals surface area contributed by atoms with Gasteiger partial charge in [0.05, 0.1) is 12.0 Å². The molecule has 0 saturated heterocycles. The molecule has 2 rings (SSSR count). The number of hydrogen-bond acceptors (Lipinski definition) is 5. The van der Waals surface area contributed by atoms with Crippen LogP contribution in [0.25, 0.3) is 11.0 Å². The average molecular weight is 363 g/mol. The predicted molar refractivity (Wildman–Crippen MR) is 107 cm³/mol. The second kappa shape index (κ2) is 11.0. The van der Waals surface area contributed by atoms with E-state index in [0.29, 0.717) is 18.5 Å². The molecule has 0 aliphatic heterocycles. The third-order valence-corrected chi connectivity index (χ3v) is 4.71. The molecule has 6 heteroatoms. The molecule has 0 aliphatic carbocycles. The Labute approximate surface area is 157 Å². The van der Waals surface area contributed by atoms with E-state index in [9.17, 15) is 0 Å². The van der Waals surface area contributed by atoms with Gasteiger partial charge in [-0.3, -0.25) is 0 Å². The van der Waals surface area contributed by atoms with Gasteiger partial charge in [0.15, 0.2) is 0 Å². The summed E-state index contributed by atoms with van der Waals surface area (Å²) in [6, 6.07) is 2.51. The molecule has 2 aromatic heterocycles. The van der Waals surface area contributed by atoms with Crippen LogP contribution in [-0.2, 0) is 4.74 Å². The van der Waals surface area contributed by atoms with Crippen molar-refractivity contribution in [1.82, 2.24) is 14.5 Å². The highest BCUT2D eigenvalue weighted by molar-refractivity contribution is 5.82. The van der Waals surface area contributed by atoms with Crippen LogP contribution in [0.4, 0.5) is 5.95 Å². The summed E-state index contributed by atoms with van der Waals surface area (Å²) in [5, 5.41) is 0.948. The van der Waals surface area contributed by atoms with Crippen LogP contribution in [0.5, 0.6) is 5.88 Å². The monoisotopic (exact) mass is 362 g/mol. The van der Waals surface area contributed by atoms with Gasteiger partial charge in [0, 0.05) is 26.0 Å². The van der Waals surface area contributed by atoms with Gasteiger partial charge in [0.25, 0.3) is 0 Å². The van der Waals surface area contributed by atoms with Crippen molar-refractivity contribution in [3.63, 3.8) is 0 Å². The molecule has 2 aromatic rings. The van der Waals surface area contributed by atoms with Gasteiger partial charge >= 0.3 is 0 Å². The molecule has 0 aromatic carbocycles. The minimum Gasteiger partial charge on any atom is -0.477 e. The number of ether oxygens (including phenoxy) is 2. The van der Waals surface area contributed by atoms with E-state index in [0.717, 1.165) is 43.3 Å². The Bertz CT molecular complexity index is 649. The second-order valence-corrected chi connectivity index (χ2v) is 6.83. The fourth-order valence-corrected chi connectivity index (χ4v) is 3.25. The van der Waals surface area contributed by atoms with E-state index in [4.69, 9.17) is 15.2 Å². The zero-order chi connectivity index (χ0) is 18.8. The lowest BCUT2D eigenvalue weighted by molar-refractivity contribution is 0.183. The molecule has 0 saturated carbocycles. The summed E-state index contributed by atoms with van der Waals surface area (Å²) in [4.78, 5) is 8.84. The SMILES string of the molecule is CCCCC(CCCC)n1ccc2c(OCCCCOC)nc(N)nc21. The van der Waals surface area contributed by atoms with Crippen molar-refractivity contribution >= 4 is 17.0 Å². The Hall–Kier alpha value is -1.82. The van der Waals surface area contributed by atoms with Crippen molar-refractivity contribution in [3.8, 4) is 5.88 Å². The van der Waals surface area contributed by atoms with E-state index in [1.165, 1.54) is 25.7 Å². The third kappa shape index (κ3) is 5.59. The normalized spacial score (nSPS) is 11.5. The Morgan fingerprint density at radius 1 is 1.04 bits per heavy atom. The quantitative estimate of drug-likeness (QED) is 0.521. The van der Waals surface area contributed by atoms with Gasteiger partial charge < -0.3 is 19.8 Å². The molecule has 146 valence electrons. The lowest BCUT2D eigenvalue weighted by atomic mass is 10.0. The van der Waals surface area contributed by atoms with Gasteiger partial charge in [-0.2, -0.15) is 9.97 Å². The van der Waals surface area contributed by atoms with Crippen molar-refractivity contribution in [2.24, 2.45) is 0 Å². The summed E-state index contributed by atoms with van der Waals surface area (Å²) in [7, 11) is 1.71. The van der Waals surface area contributed by atoms with E-state index in [-0.39, 0.29) is 5.95 Å². The van der Waals surface area contributed by atoms with Crippen LogP contribution in [0, 0.1) is 0 Å². The van der Waals surface area contributed by atoms with E-state index in [2.05, 4.69) is 40.6 Å². The number of nitrogen functional groups attached to an aromatic ring is 1. The fourth-order valence-electron chi connectivity index (χ4n) is 3.25. The molecule has 2 N–H and O–H groups in total. The van der Waals surface area contributed by atoms with Crippen LogP contribution < -0.4 is 10.5 Å². The van der Waals surface area contributed by atoms with E-state index < -0.39 is 0 Å². The van der Waals surface area contributed by atoms with Gasteiger partial charge in [-0.25, -0.2) is 0 Å². The number of anilines is 1. The maximum Gasteiger partial charge on any atom is 0.227 e. The summed E-state index contributed by atoms with van der Waals surface area (Å²) in [5.74, 6) is 0.863. The molecule has 0 bridgehead atoms. The summed E-state index contributed by atoms with van der Waals surface area (Å²) in [6.45, 7) is 5.83. The number of hydrogen-bond donors (Lipinski definition) is 1. The molecule has 0 unspecified atom stereocenters. The van der Waals surface area contributed by atoms with Crippen LogP contribution >= 0.6 is 0 Å². The third-order valence-electron chi connectivity index (χ3n) is 4.71. The summed E-state index contributed by atoms with van der Waals surface area (Å²) >= 11 is 0. The average Bonchev–Trinajstić information content (AvgIpc) is 3.05. The molecule has 26 heavy (non-hydrogen) atoms. The van der Waals surface area contributed by atoms with Gasteiger partial charge in [-0.05, 0) is 31.7 Å². The molecular formula is C20H34N4O2. The second-order valence-electron chi connectivity index (χ2n) is 6.83. The van der Waals surface area contributed by atoms with Gasteiger partial charge in [0.1, 0.15) is 5.65 Å². The number of rotatable bonds is 13. The summed E-state index contributed by atoms with van der Waals surface area (Å²) in [5.41, 5.74) is 6.86. The van der Waals surface area contributed by atoms with Crippen LogP contribution in [0.1, 0.15) is 71.3 Å².